The quantitative estimate of drug-likeness (QED) is 0.728. The maximum absolute atomic E-state index is 12.1. The van der Waals surface area contributed by atoms with E-state index in [1.54, 1.807) is 19.2 Å². The number of rotatable bonds is 8. The van der Waals surface area contributed by atoms with E-state index in [2.05, 4.69) is 21.6 Å². The third-order valence-corrected chi connectivity index (χ3v) is 4.92. The molecule has 1 aromatic carbocycles. The predicted molar refractivity (Wildman–Crippen MR) is 105 cm³/mol. The van der Waals surface area contributed by atoms with Gasteiger partial charge in [-0.2, -0.15) is 0 Å². The van der Waals surface area contributed by atoms with Crippen molar-refractivity contribution in [3.8, 4) is 5.75 Å². The lowest BCUT2D eigenvalue weighted by Crippen LogP contribution is -2.45. The molecule has 7 nitrogen and oxygen atoms in total. The molecule has 28 heavy (non-hydrogen) atoms. The van der Waals surface area contributed by atoms with E-state index in [1.165, 1.54) is 11.8 Å². The van der Waals surface area contributed by atoms with Crippen molar-refractivity contribution >= 4 is 11.8 Å². The molecule has 0 spiro atoms. The Morgan fingerprint density at radius 2 is 1.96 bits per heavy atom. The summed E-state index contributed by atoms with van der Waals surface area (Å²) >= 11 is 0. The highest BCUT2D eigenvalue weighted by molar-refractivity contribution is 5.91. The number of carbonyl (C=O) groups excluding carboxylic acids is 2. The van der Waals surface area contributed by atoms with Crippen molar-refractivity contribution in [1.82, 2.24) is 15.5 Å². The summed E-state index contributed by atoms with van der Waals surface area (Å²) in [6.45, 7) is 3.00. The molecular weight excluding hydrogens is 358 g/mol. The Labute approximate surface area is 165 Å². The summed E-state index contributed by atoms with van der Waals surface area (Å²) in [4.78, 5) is 26.3. The van der Waals surface area contributed by atoms with Crippen LogP contribution in [0.1, 0.15) is 35.4 Å². The number of hydrogen-bond donors (Lipinski definition) is 2. The Balaban J connectivity index is 1.34. The minimum absolute atomic E-state index is 0.0390. The van der Waals surface area contributed by atoms with E-state index in [4.69, 9.17) is 9.15 Å². The van der Waals surface area contributed by atoms with Gasteiger partial charge in [-0.05, 0) is 31.0 Å². The molecule has 3 rings (SSSR count). The second kappa shape index (κ2) is 9.94. The van der Waals surface area contributed by atoms with Gasteiger partial charge < -0.3 is 19.8 Å². The summed E-state index contributed by atoms with van der Waals surface area (Å²) < 4.78 is 10.4. The number of carbonyl (C=O) groups is 2. The van der Waals surface area contributed by atoms with Crippen molar-refractivity contribution in [2.75, 3.05) is 26.7 Å². The standard InChI is InChI=1S/C21H27N3O4/c1-27-18-6-3-2-5-16(18)15-24-12-9-17(10-13-24)23-20(25)8-11-22-21(26)19-7-4-14-28-19/h2-7,14,17H,8-13,15H2,1H3,(H,22,26)(H,23,25). The van der Waals surface area contributed by atoms with Crippen molar-refractivity contribution < 1.29 is 18.7 Å². The van der Waals surface area contributed by atoms with E-state index < -0.39 is 0 Å². The molecule has 1 saturated heterocycles. The molecule has 0 saturated carbocycles. The number of piperidine rings is 1. The van der Waals surface area contributed by atoms with Gasteiger partial charge in [-0.1, -0.05) is 18.2 Å². The third kappa shape index (κ3) is 5.60. The molecule has 1 aromatic heterocycles. The summed E-state index contributed by atoms with van der Waals surface area (Å²) in [5.41, 5.74) is 1.18. The molecule has 0 bridgehead atoms. The summed E-state index contributed by atoms with van der Waals surface area (Å²) in [6.07, 6.45) is 3.54. The summed E-state index contributed by atoms with van der Waals surface area (Å²) in [5.74, 6) is 0.822. The Kier molecular flexibility index (Phi) is 7.08. The SMILES string of the molecule is COc1ccccc1CN1CCC(NC(=O)CCNC(=O)c2ccco2)CC1. The van der Waals surface area contributed by atoms with Gasteiger partial charge in [0.25, 0.3) is 5.91 Å². The van der Waals surface area contributed by atoms with Crippen LogP contribution in [0.3, 0.4) is 0 Å². The van der Waals surface area contributed by atoms with Crippen LogP contribution in [-0.2, 0) is 11.3 Å². The first-order valence-corrected chi connectivity index (χ1v) is 9.61. The van der Waals surface area contributed by atoms with Gasteiger partial charge in [-0.3, -0.25) is 14.5 Å². The number of hydrogen-bond acceptors (Lipinski definition) is 5. The predicted octanol–water partition coefficient (Wildman–Crippen LogP) is 2.19. The second-order valence-corrected chi connectivity index (χ2v) is 6.91. The monoisotopic (exact) mass is 385 g/mol. The molecule has 2 heterocycles. The number of methoxy groups -OCH3 is 1. The molecular formula is C21H27N3O4. The van der Waals surface area contributed by atoms with E-state index in [0.29, 0.717) is 0 Å². The number of para-hydroxylation sites is 1. The van der Waals surface area contributed by atoms with Crippen LogP contribution in [0, 0.1) is 0 Å². The maximum Gasteiger partial charge on any atom is 0.286 e. The first-order chi connectivity index (χ1) is 13.7. The average Bonchev–Trinajstić information content (AvgIpc) is 3.25. The lowest BCUT2D eigenvalue weighted by molar-refractivity contribution is -0.122. The lowest BCUT2D eigenvalue weighted by atomic mass is 10.0. The number of nitrogens with one attached hydrogen (secondary N) is 2. The van der Waals surface area contributed by atoms with Crippen LogP contribution in [0.25, 0.3) is 0 Å². The van der Waals surface area contributed by atoms with Crippen LogP contribution < -0.4 is 15.4 Å². The molecule has 0 unspecified atom stereocenters. The van der Waals surface area contributed by atoms with Gasteiger partial charge in [-0.15, -0.1) is 0 Å². The van der Waals surface area contributed by atoms with Crippen molar-refractivity contribution in [2.24, 2.45) is 0 Å². The summed E-state index contributed by atoms with van der Waals surface area (Å²) in [7, 11) is 1.69. The van der Waals surface area contributed by atoms with Crippen LogP contribution in [-0.4, -0.2) is 49.5 Å². The highest BCUT2D eigenvalue weighted by Gasteiger charge is 2.21. The molecule has 2 amide bonds. The van der Waals surface area contributed by atoms with Crippen molar-refractivity contribution in [1.29, 1.82) is 0 Å². The third-order valence-electron chi connectivity index (χ3n) is 4.92. The van der Waals surface area contributed by atoms with E-state index >= 15 is 0 Å². The van der Waals surface area contributed by atoms with E-state index in [0.717, 1.165) is 38.2 Å². The van der Waals surface area contributed by atoms with Gasteiger partial charge in [0, 0.05) is 44.2 Å². The summed E-state index contributed by atoms with van der Waals surface area (Å²) in [5, 5.41) is 5.75. The number of amides is 2. The fraction of sp³-hybridized carbons (Fsp3) is 0.429. The topological polar surface area (TPSA) is 83.8 Å². The number of benzene rings is 1. The minimum Gasteiger partial charge on any atom is -0.496 e. The molecule has 1 fully saturated rings. The smallest absolute Gasteiger partial charge is 0.286 e. The number of nitrogens with zero attached hydrogens (tertiary/aromatic N) is 1. The molecule has 0 radical (unpaired) electrons. The van der Waals surface area contributed by atoms with Crippen molar-refractivity contribution in [2.45, 2.75) is 31.8 Å². The van der Waals surface area contributed by atoms with E-state index in [1.807, 2.05) is 18.2 Å². The zero-order chi connectivity index (χ0) is 19.8. The Morgan fingerprint density at radius 3 is 2.68 bits per heavy atom. The zero-order valence-electron chi connectivity index (χ0n) is 16.1. The Morgan fingerprint density at radius 1 is 1.18 bits per heavy atom. The Bertz CT molecular complexity index is 768. The van der Waals surface area contributed by atoms with Gasteiger partial charge in [0.05, 0.1) is 13.4 Å². The second-order valence-electron chi connectivity index (χ2n) is 6.91. The normalized spacial score (nSPS) is 15.2. The molecule has 2 aromatic rings. The number of likely N-dealkylation sites (tertiary alicyclic amines) is 1. The van der Waals surface area contributed by atoms with Crippen LogP contribution in [0.4, 0.5) is 0 Å². The molecule has 1 aliphatic heterocycles. The Hall–Kier alpha value is -2.80. The maximum atomic E-state index is 12.1. The van der Waals surface area contributed by atoms with Gasteiger partial charge in [0.1, 0.15) is 5.75 Å². The number of ether oxygens (including phenoxy) is 1. The van der Waals surface area contributed by atoms with Crippen LogP contribution in [0.2, 0.25) is 0 Å². The highest BCUT2D eigenvalue weighted by atomic mass is 16.5. The first kappa shape index (κ1) is 19.9. The molecule has 0 aliphatic carbocycles. The lowest BCUT2D eigenvalue weighted by Gasteiger charge is -2.32. The van der Waals surface area contributed by atoms with Crippen LogP contribution in [0.5, 0.6) is 5.75 Å². The molecule has 0 atom stereocenters. The fourth-order valence-electron chi connectivity index (χ4n) is 3.39. The molecule has 2 N–H and O–H groups in total. The number of furan rings is 1. The van der Waals surface area contributed by atoms with E-state index in [-0.39, 0.29) is 36.6 Å². The minimum atomic E-state index is -0.303. The van der Waals surface area contributed by atoms with Gasteiger partial charge in [0.2, 0.25) is 5.91 Å². The average molecular weight is 385 g/mol. The molecule has 1 aliphatic rings. The summed E-state index contributed by atoms with van der Waals surface area (Å²) in [6, 6.07) is 11.5. The van der Waals surface area contributed by atoms with Crippen LogP contribution >= 0.6 is 0 Å². The molecule has 150 valence electrons. The van der Waals surface area contributed by atoms with Crippen molar-refractivity contribution in [3.63, 3.8) is 0 Å². The van der Waals surface area contributed by atoms with Crippen molar-refractivity contribution in [3.05, 3.63) is 54.0 Å². The highest BCUT2D eigenvalue weighted by Crippen LogP contribution is 2.21. The zero-order valence-corrected chi connectivity index (χ0v) is 16.1. The largest absolute Gasteiger partial charge is 0.496 e. The van der Waals surface area contributed by atoms with Crippen LogP contribution in [0.15, 0.2) is 47.1 Å². The van der Waals surface area contributed by atoms with Gasteiger partial charge in [0.15, 0.2) is 5.76 Å². The molecule has 7 heteroatoms. The fourth-order valence-corrected chi connectivity index (χ4v) is 3.39. The van der Waals surface area contributed by atoms with Gasteiger partial charge >= 0.3 is 0 Å². The first-order valence-electron chi connectivity index (χ1n) is 9.61. The van der Waals surface area contributed by atoms with E-state index in [9.17, 15) is 9.59 Å². The van der Waals surface area contributed by atoms with Gasteiger partial charge in [-0.25, -0.2) is 0 Å².